The summed E-state index contributed by atoms with van der Waals surface area (Å²) >= 11 is 0. The Balaban J connectivity index is 1.30. The van der Waals surface area contributed by atoms with E-state index in [4.69, 9.17) is 14.7 Å². The summed E-state index contributed by atoms with van der Waals surface area (Å²) in [5, 5.41) is 12.1. The first-order valence-electron chi connectivity index (χ1n) is 14.3. The Labute approximate surface area is 248 Å². The van der Waals surface area contributed by atoms with Crippen LogP contribution in [-0.4, -0.2) is 57.2 Å². The first-order valence-corrected chi connectivity index (χ1v) is 14.3. The van der Waals surface area contributed by atoms with Crippen LogP contribution >= 0.6 is 0 Å². The highest BCUT2D eigenvalue weighted by molar-refractivity contribution is 5.85. The molecular weight excluding hydrogens is 552 g/mol. The molecule has 43 heavy (non-hydrogen) atoms. The topological polar surface area (TPSA) is 74.4 Å². The van der Waals surface area contributed by atoms with Crippen LogP contribution in [0.5, 0.6) is 0 Å². The molecule has 2 atom stereocenters. The van der Waals surface area contributed by atoms with E-state index in [9.17, 15) is 13.6 Å². The molecule has 10 heteroatoms. The Kier molecular flexibility index (Phi) is 8.16. The molecule has 0 amide bonds. The van der Waals surface area contributed by atoms with E-state index in [0.29, 0.717) is 25.3 Å². The minimum atomic E-state index is -0.944. The van der Waals surface area contributed by atoms with E-state index >= 15 is 0 Å². The first-order chi connectivity index (χ1) is 20.8. The van der Waals surface area contributed by atoms with Crippen LogP contribution in [-0.2, 0) is 27.8 Å². The molecule has 0 bridgehead atoms. The molecule has 222 valence electrons. The van der Waals surface area contributed by atoms with Crippen molar-refractivity contribution in [2.24, 2.45) is 13.0 Å². The predicted molar refractivity (Wildman–Crippen MR) is 158 cm³/mol. The molecule has 2 aromatic heterocycles. The molecular formula is C33H33F2N5O3. The summed E-state index contributed by atoms with van der Waals surface area (Å²) in [5.41, 5.74) is 5.84. The zero-order valence-electron chi connectivity index (χ0n) is 24.3. The molecule has 0 saturated carbocycles. The number of ether oxygens (including phenoxy) is 1. The Bertz CT molecular complexity index is 1770. The molecule has 0 aliphatic carbocycles. The van der Waals surface area contributed by atoms with Gasteiger partial charge in [0.2, 0.25) is 0 Å². The van der Waals surface area contributed by atoms with Crippen molar-refractivity contribution in [1.82, 2.24) is 24.6 Å². The fraction of sp³-hybridized carbons (Fsp3) is 0.303. The summed E-state index contributed by atoms with van der Waals surface area (Å²) in [6, 6.07) is 19.6. The van der Waals surface area contributed by atoms with Crippen molar-refractivity contribution in [1.29, 1.82) is 0 Å². The van der Waals surface area contributed by atoms with Gasteiger partial charge in [-0.05, 0) is 54.4 Å². The molecule has 0 radical (unpaired) electrons. The van der Waals surface area contributed by atoms with Crippen LogP contribution in [0.3, 0.4) is 0 Å². The van der Waals surface area contributed by atoms with Crippen LogP contribution in [0.2, 0.25) is 0 Å². The van der Waals surface area contributed by atoms with Crippen LogP contribution in [0, 0.1) is 24.5 Å². The van der Waals surface area contributed by atoms with Gasteiger partial charge in [-0.3, -0.25) is 14.3 Å². The monoisotopic (exact) mass is 585 g/mol. The Hall–Kier alpha value is -4.25. The minimum Gasteiger partial charge on any atom is -0.383 e. The number of methoxy groups -OCH3 is 1. The Morgan fingerprint density at radius 2 is 1.88 bits per heavy atom. The number of Topliss-reactive ketones (excluding diaryl/α,β-unsaturated/α-hetero) is 1. The number of ketones is 1. The van der Waals surface area contributed by atoms with Crippen molar-refractivity contribution < 1.29 is 23.1 Å². The number of carbonyl (C=O) groups is 1. The number of rotatable bonds is 10. The van der Waals surface area contributed by atoms with Gasteiger partial charge in [0.15, 0.2) is 11.6 Å². The number of aryl methyl sites for hydroxylation is 1. The molecule has 6 rings (SSSR count). The van der Waals surface area contributed by atoms with E-state index in [1.54, 1.807) is 12.2 Å². The van der Waals surface area contributed by atoms with Crippen molar-refractivity contribution in [3.05, 3.63) is 101 Å². The molecule has 1 saturated heterocycles. The summed E-state index contributed by atoms with van der Waals surface area (Å²) in [4.78, 5) is 19.9. The Morgan fingerprint density at radius 3 is 2.65 bits per heavy atom. The molecule has 5 aromatic rings. The van der Waals surface area contributed by atoms with E-state index in [2.05, 4.69) is 11.2 Å². The van der Waals surface area contributed by atoms with Crippen LogP contribution < -0.4 is 0 Å². The first kappa shape index (κ1) is 28.9. The van der Waals surface area contributed by atoms with Gasteiger partial charge in [0, 0.05) is 57.0 Å². The van der Waals surface area contributed by atoms with Gasteiger partial charge in [0.1, 0.15) is 11.9 Å². The maximum atomic E-state index is 14.1. The maximum absolute atomic E-state index is 14.1. The summed E-state index contributed by atoms with van der Waals surface area (Å²) in [7, 11) is 3.51. The lowest BCUT2D eigenvalue weighted by Gasteiger charge is -2.18. The van der Waals surface area contributed by atoms with Gasteiger partial charge in [0.25, 0.3) is 0 Å². The smallest absolute Gasteiger partial charge is 0.159 e. The van der Waals surface area contributed by atoms with Crippen molar-refractivity contribution in [2.45, 2.75) is 25.9 Å². The lowest BCUT2D eigenvalue weighted by Crippen LogP contribution is -2.24. The van der Waals surface area contributed by atoms with E-state index in [1.165, 1.54) is 6.07 Å². The molecule has 1 fully saturated rings. The van der Waals surface area contributed by atoms with Crippen molar-refractivity contribution in [3.63, 3.8) is 0 Å². The fourth-order valence-corrected chi connectivity index (χ4v) is 5.84. The lowest BCUT2D eigenvalue weighted by molar-refractivity contribution is -0.155. The van der Waals surface area contributed by atoms with E-state index in [-0.39, 0.29) is 24.5 Å². The Morgan fingerprint density at radius 1 is 1.07 bits per heavy atom. The highest BCUT2D eigenvalue weighted by Crippen LogP contribution is 2.37. The largest absolute Gasteiger partial charge is 0.383 e. The van der Waals surface area contributed by atoms with Crippen LogP contribution in [0.1, 0.15) is 29.3 Å². The molecule has 0 N–H and O–H groups in total. The fourth-order valence-electron chi connectivity index (χ4n) is 5.84. The zero-order valence-corrected chi connectivity index (χ0v) is 24.3. The maximum Gasteiger partial charge on any atom is 0.159 e. The SMILES string of the molecule is COCCN1C[C@@H](CC(=O)Cc2c(C)c(-c3ccc4c(cnn4C)c3)nn2-c2ccccc2)[C@H](c2ccc(F)c(F)c2)O1. The number of aromatic nitrogens is 4. The number of carbonyl (C=O) groups excluding carboxylic acids is 1. The van der Waals surface area contributed by atoms with Gasteiger partial charge in [-0.2, -0.15) is 15.3 Å². The number of fused-ring (bicyclic) bond motifs is 1. The molecule has 1 aliphatic heterocycles. The number of hydroxylamine groups is 2. The molecule has 0 spiro atoms. The molecule has 8 nitrogen and oxygen atoms in total. The second-order valence-corrected chi connectivity index (χ2v) is 11.0. The summed E-state index contributed by atoms with van der Waals surface area (Å²) in [6.45, 7) is 3.39. The van der Waals surface area contributed by atoms with Crippen molar-refractivity contribution >= 4 is 16.7 Å². The zero-order chi connectivity index (χ0) is 30.1. The number of nitrogens with zero attached hydrogens (tertiary/aromatic N) is 5. The predicted octanol–water partition coefficient (Wildman–Crippen LogP) is 5.77. The molecule has 1 aliphatic rings. The average Bonchev–Trinajstić information content (AvgIpc) is 3.69. The third-order valence-corrected chi connectivity index (χ3v) is 8.06. The summed E-state index contributed by atoms with van der Waals surface area (Å²) < 4.78 is 36.7. The average molecular weight is 586 g/mol. The summed E-state index contributed by atoms with van der Waals surface area (Å²) in [6.07, 6.45) is 1.60. The molecule has 3 heterocycles. The molecule has 3 aromatic carbocycles. The normalized spacial score (nSPS) is 17.2. The van der Waals surface area contributed by atoms with Crippen molar-refractivity contribution in [3.8, 4) is 16.9 Å². The third-order valence-electron chi connectivity index (χ3n) is 8.06. The number of para-hydroxylation sites is 1. The number of hydrogen-bond acceptors (Lipinski definition) is 6. The standard InChI is InChI=1S/C33H33F2N5O3/c1-21-31(18-27(41)16-25-20-39(13-14-42-3)43-33(25)23-9-11-28(34)29(35)17-23)40(26-7-5-4-6-8-26)37-32(21)22-10-12-30-24(15-22)19-36-38(30)2/h4-12,15,17,19,25,33H,13-14,16,18,20H2,1-3H3/t25-,33+/m1/s1. The second-order valence-electron chi connectivity index (χ2n) is 11.0. The number of hydrogen-bond donors (Lipinski definition) is 0. The highest BCUT2D eigenvalue weighted by Gasteiger charge is 2.37. The van der Waals surface area contributed by atoms with Gasteiger partial charge in [-0.1, -0.05) is 30.3 Å². The third kappa shape index (κ3) is 5.86. The van der Waals surface area contributed by atoms with E-state index < -0.39 is 17.7 Å². The van der Waals surface area contributed by atoms with Crippen LogP contribution in [0.4, 0.5) is 8.78 Å². The summed E-state index contributed by atoms with van der Waals surface area (Å²) in [5.74, 6) is -2.12. The molecule has 0 unspecified atom stereocenters. The second kappa shape index (κ2) is 12.2. The van der Waals surface area contributed by atoms with E-state index in [0.717, 1.165) is 51.2 Å². The van der Waals surface area contributed by atoms with Gasteiger partial charge < -0.3 is 4.74 Å². The van der Waals surface area contributed by atoms with Gasteiger partial charge in [-0.25, -0.2) is 13.5 Å². The van der Waals surface area contributed by atoms with Gasteiger partial charge >= 0.3 is 0 Å². The lowest BCUT2D eigenvalue weighted by atomic mass is 9.90. The quantitative estimate of drug-likeness (QED) is 0.207. The van der Waals surface area contributed by atoms with Crippen molar-refractivity contribution in [2.75, 3.05) is 26.8 Å². The van der Waals surface area contributed by atoms with Crippen LogP contribution in [0.25, 0.3) is 27.8 Å². The number of benzene rings is 3. The highest BCUT2D eigenvalue weighted by atomic mass is 19.2. The minimum absolute atomic E-state index is 0.00391. The van der Waals surface area contributed by atoms with E-state index in [1.807, 2.05) is 72.0 Å². The number of halogens is 2. The van der Waals surface area contributed by atoms with Gasteiger partial charge in [0.05, 0.1) is 35.4 Å². The van der Waals surface area contributed by atoms with Gasteiger partial charge in [-0.15, -0.1) is 0 Å². The van der Waals surface area contributed by atoms with Crippen LogP contribution in [0.15, 0.2) is 72.9 Å².